The van der Waals surface area contributed by atoms with Crippen LogP contribution in [0.4, 0.5) is 0 Å². The van der Waals surface area contributed by atoms with Crippen molar-refractivity contribution in [3.63, 3.8) is 0 Å². The minimum absolute atomic E-state index is 0. The molecule has 0 saturated carbocycles. The van der Waals surface area contributed by atoms with Crippen molar-refractivity contribution >= 4 is 18.3 Å². The van der Waals surface area contributed by atoms with Crippen molar-refractivity contribution in [1.29, 1.82) is 0 Å². The van der Waals surface area contributed by atoms with E-state index >= 15 is 0 Å². The first-order valence-electron chi connectivity index (χ1n) is 5.46. The summed E-state index contributed by atoms with van der Waals surface area (Å²) >= 11 is 0. The molecule has 18 heavy (non-hydrogen) atoms. The molecule has 5 nitrogen and oxygen atoms in total. The third-order valence-corrected chi connectivity index (χ3v) is 2.36. The molecule has 0 aliphatic rings. The van der Waals surface area contributed by atoms with Crippen LogP contribution in [0.15, 0.2) is 24.3 Å². The number of aliphatic hydroxyl groups is 1. The van der Waals surface area contributed by atoms with Gasteiger partial charge in [-0.15, -0.1) is 12.4 Å². The summed E-state index contributed by atoms with van der Waals surface area (Å²) in [6.07, 6.45) is -0.522. The van der Waals surface area contributed by atoms with Crippen molar-refractivity contribution in [1.82, 2.24) is 5.32 Å². The molecular formula is C12H19ClN2O3. The number of para-hydroxylation sites is 1. The first-order chi connectivity index (χ1) is 8.19. The van der Waals surface area contributed by atoms with E-state index < -0.39 is 6.10 Å². The molecule has 6 heteroatoms. The fourth-order valence-electron chi connectivity index (χ4n) is 1.48. The Bertz CT molecular complexity index is 374. The minimum atomic E-state index is -0.784. The van der Waals surface area contributed by atoms with Crippen molar-refractivity contribution in [3.05, 3.63) is 29.8 Å². The van der Waals surface area contributed by atoms with Crippen LogP contribution in [0, 0.1) is 0 Å². The molecule has 0 saturated heterocycles. The van der Waals surface area contributed by atoms with Crippen LogP contribution < -0.4 is 15.8 Å². The molecule has 0 aromatic heterocycles. The zero-order valence-electron chi connectivity index (χ0n) is 10.3. The Morgan fingerprint density at radius 1 is 1.50 bits per heavy atom. The van der Waals surface area contributed by atoms with Gasteiger partial charge in [0.2, 0.25) is 5.91 Å². The summed E-state index contributed by atoms with van der Waals surface area (Å²) in [6.45, 7) is 0.454. The predicted molar refractivity (Wildman–Crippen MR) is 71.9 cm³/mol. The quantitative estimate of drug-likeness (QED) is 0.710. The maximum atomic E-state index is 11.2. The van der Waals surface area contributed by atoms with Crippen LogP contribution in [0.2, 0.25) is 0 Å². The second-order valence-electron chi connectivity index (χ2n) is 3.60. The number of aliphatic hydroxyl groups excluding tert-OH is 1. The molecule has 4 N–H and O–H groups in total. The van der Waals surface area contributed by atoms with Crippen LogP contribution in [-0.2, 0) is 4.79 Å². The number of hydrogen-bond acceptors (Lipinski definition) is 4. The van der Waals surface area contributed by atoms with Crippen LogP contribution in [0.1, 0.15) is 18.1 Å². The van der Waals surface area contributed by atoms with Gasteiger partial charge < -0.3 is 20.9 Å². The molecule has 1 atom stereocenters. The summed E-state index contributed by atoms with van der Waals surface area (Å²) in [5, 5.41) is 12.5. The molecule has 0 bridgehead atoms. The highest BCUT2D eigenvalue weighted by molar-refractivity contribution is 5.85. The Hall–Kier alpha value is -1.30. The lowest BCUT2D eigenvalue weighted by Gasteiger charge is -2.15. The number of carbonyl (C=O) groups is 1. The van der Waals surface area contributed by atoms with E-state index in [1.165, 1.54) is 0 Å². The van der Waals surface area contributed by atoms with Crippen molar-refractivity contribution in [2.24, 2.45) is 5.73 Å². The predicted octanol–water partition coefficient (Wildman–Crippen LogP) is 0.615. The second-order valence-corrected chi connectivity index (χ2v) is 3.60. The lowest BCUT2D eigenvalue weighted by atomic mass is 10.1. The molecule has 102 valence electrons. The molecule has 0 radical (unpaired) electrons. The fourth-order valence-corrected chi connectivity index (χ4v) is 1.48. The molecule has 0 aliphatic carbocycles. The molecule has 1 unspecified atom stereocenters. The zero-order valence-corrected chi connectivity index (χ0v) is 11.1. The number of carbonyl (C=O) groups excluding carboxylic acids is 1. The summed E-state index contributed by atoms with van der Waals surface area (Å²) in [5.41, 5.74) is 5.90. The van der Waals surface area contributed by atoms with Gasteiger partial charge in [0.15, 0.2) is 0 Å². The van der Waals surface area contributed by atoms with Gasteiger partial charge >= 0.3 is 0 Å². The summed E-state index contributed by atoms with van der Waals surface area (Å²) in [7, 11) is 1.54. The first-order valence-corrected chi connectivity index (χ1v) is 5.46. The van der Waals surface area contributed by atoms with E-state index in [2.05, 4.69) is 5.32 Å². The van der Waals surface area contributed by atoms with Gasteiger partial charge in [-0.3, -0.25) is 4.79 Å². The number of methoxy groups -OCH3 is 1. The average Bonchev–Trinajstić information content (AvgIpc) is 2.36. The molecule has 0 fully saturated rings. The monoisotopic (exact) mass is 274 g/mol. The van der Waals surface area contributed by atoms with Gasteiger partial charge in [0.05, 0.1) is 13.2 Å². The maximum Gasteiger partial charge on any atom is 0.221 e. The number of hydrogen-bond donors (Lipinski definition) is 3. The summed E-state index contributed by atoms with van der Waals surface area (Å²) in [5.74, 6) is 0.439. The van der Waals surface area contributed by atoms with Crippen LogP contribution in [0.5, 0.6) is 5.75 Å². The van der Waals surface area contributed by atoms with Crippen LogP contribution in [0.25, 0.3) is 0 Å². The zero-order chi connectivity index (χ0) is 12.7. The van der Waals surface area contributed by atoms with E-state index in [-0.39, 0.29) is 31.3 Å². The van der Waals surface area contributed by atoms with Gasteiger partial charge in [-0.05, 0) is 6.07 Å². The molecule has 1 aromatic rings. The van der Waals surface area contributed by atoms with Crippen LogP contribution >= 0.6 is 12.4 Å². The number of amides is 1. The third kappa shape index (κ3) is 4.91. The lowest BCUT2D eigenvalue weighted by molar-refractivity contribution is -0.121. The van der Waals surface area contributed by atoms with Crippen molar-refractivity contribution in [2.45, 2.75) is 12.5 Å². The van der Waals surface area contributed by atoms with Gasteiger partial charge in [0, 0.05) is 25.1 Å². The molecule has 1 rings (SSSR count). The summed E-state index contributed by atoms with van der Waals surface area (Å²) in [6, 6.07) is 7.16. The van der Waals surface area contributed by atoms with Crippen molar-refractivity contribution in [3.8, 4) is 5.75 Å². The van der Waals surface area contributed by atoms with Gasteiger partial charge in [-0.2, -0.15) is 0 Å². The number of benzene rings is 1. The number of nitrogens with one attached hydrogen (secondary N) is 1. The maximum absolute atomic E-state index is 11.2. The molecule has 1 amide bonds. The van der Waals surface area contributed by atoms with Gasteiger partial charge in [-0.1, -0.05) is 18.2 Å². The Balaban J connectivity index is 0.00000289. The smallest absolute Gasteiger partial charge is 0.221 e. The highest BCUT2D eigenvalue weighted by Crippen LogP contribution is 2.23. The Morgan fingerprint density at radius 3 is 2.78 bits per heavy atom. The topological polar surface area (TPSA) is 84.6 Å². The Labute approximate surface area is 113 Å². The molecule has 0 spiro atoms. The highest BCUT2D eigenvalue weighted by atomic mass is 35.5. The SMILES string of the molecule is COc1ccccc1C(O)CNC(=O)CCN.Cl. The third-order valence-electron chi connectivity index (χ3n) is 2.36. The largest absolute Gasteiger partial charge is 0.496 e. The Kier molecular flexibility index (Phi) is 8.11. The Morgan fingerprint density at radius 2 is 2.17 bits per heavy atom. The fraction of sp³-hybridized carbons (Fsp3) is 0.417. The molecular weight excluding hydrogens is 256 g/mol. The van der Waals surface area contributed by atoms with Crippen LogP contribution in [-0.4, -0.2) is 31.2 Å². The summed E-state index contributed by atoms with van der Waals surface area (Å²) < 4.78 is 5.13. The lowest BCUT2D eigenvalue weighted by Crippen LogP contribution is -2.29. The molecule has 0 aliphatic heterocycles. The molecule has 0 heterocycles. The van der Waals surface area contributed by atoms with E-state index in [4.69, 9.17) is 10.5 Å². The number of halogens is 1. The van der Waals surface area contributed by atoms with E-state index in [9.17, 15) is 9.90 Å². The van der Waals surface area contributed by atoms with Gasteiger partial charge in [-0.25, -0.2) is 0 Å². The summed E-state index contributed by atoms with van der Waals surface area (Å²) in [4.78, 5) is 11.2. The molecule has 1 aromatic carbocycles. The van der Waals surface area contributed by atoms with Gasteiger partial charge in [0.25, 0.3) is 0 Å². The van der Waals surface area contributed by atoms with Crippen LogP contribution in [0.3, 0.4) is 0 Å². The van der Waals surface area contributed by atoms with E-state index in [1.807, 2.05) is 12.1 Å². The number of rotatable bonds is 6. The highest BCUT2D eigenvalue weighted by Gasteiger charge is 2.13. The standard InChI is InChI=1S/C12H18N2O3.ClH/c1-17-11-5-3-2-4-9(11)10(15)8-14-12(16)6-7-13;/h2-5,10,15H,6-8,13H2,1H3,(H,14,16);1H. The van der Waals surface area contributed by atoms with E-state index in [1.54, 1.807) is 19.2 Å². The van der Waals surface area contributed by atoms with Crippen molar-refractivity contribution in [2.75, 3.05) is 20.2 Å². The van der Waals surface area contributed by atoms with E-state index in [0.29, 0.717) is 17.9 Å². The second kappa shape index (κ2) is 8.74. The number of ether oxygens (including phenoxy) is 1. The minimum Gasteiger partial charge on any atom is -0.496 e. The van der Waals surface area contributed by atoms with E-state index in [0.717, 1.165) is 0 Å². The van der Waals surface area contributed by atoms with Gasteiger partial charge in [0.1, 0.15) is 5.75 Å². The van der Waals surface area contributed by atoms with Crippen molar-refractivity contribution < 1.29 is 14.6 Å². The normalized spacial score (nSPS) is 11.3. The number of nitrogens with two attached hydrogens (primary N) is 1. The first kappa shape index (κ1) is 16.7. The average molecular weight is 275 g/mol.